The molecule has 21 heavy (non-hydrogen) atoms. The number of anilines is 1. The van der Waals surface area contributed by atoms with Crippen molar-refractivity contribution in [3.05, 3.63) is 45.6 Å². The maximum atomic E-state index is 11.6. The minimum Gasteiger partial charge on any atom is -0.465 e. The maximum Gasteiger partial charge on any atom is 0.343 e. The standard InChI is InChI=1S/C13H12N4O4/c1-7-10(13(18)21-2)11(14)16-12(15-7)8-5-3-4-6-9(8)17(19)20/h3-6H,1-2H3,(H2,14,15,16). The molecule has 108 valence electrons. The fourth-order valence-electron chi connectivity index (χ4n) is 1.89. The summed E-state index contributed by atoms with van der Waals surface area (Å²) < 4.78 is 4.60. The number of nitrogens with two attached hydrogens (primary N) is 1. The van der Waals surface area contributed by atoms with Gasteiger partial charge >= 0.3 is 5.97 Å². The third kappa shape index (κ3) is 2.64. The van der Waals surface area contributed by atoms with Crippen LogP contribution < -0.4 is 5.73 Å². The molecule has 0 unspecified atom stereocenters. The number of esters is 1. The largest absolute Gasteiger partial charge is 0.465 e. The van der Waals surface area contributed by atoms with Gasteiger partial charge < -0.3 is 10.5 Å². The Balaban J connectivity index is 2.63. The second-order valence-electron chi connectivity index (χ2n) is 4.16. The first-order chi connectivity index (χ1) is 9.95. The van der Waals surface area contributed by atoms with Gasteiger partial charge in [0, 0.05) is 6.07 Å². The van der Waals surface area contributed by atoms with Crippen LogP contribution >= 0.6 is 0 Å². The van der Waals surface area contributed by atoms with Gasteiger partial charge in [0.25, 0.3) is 5.69 Å². The highest BCUT2D eigenvalue weighted by Gasteiger charge is 2.21. The average molecular weight is 288 g/mol. The highest BCUT2D eigenvalue weighted by molar-refractivity contribution is 5.95. The molecule has 0 radical (unpaired) electrons. The Bertz CT molecular complexity index is 707. The van der Waals surface area contributed by atoms with Crippen LogP contribution in [0.3, 0.4) is 0 Å². The molecule has 0 saturated carbocycles. The zero-order valence-corrected chi connectivity index (χ0v) is 11.4. The molecule has 0 aliphatic rings. The number of hydrogen-bond donors (Lipinski definition) is 1. The normalized spacial score (nSPS) is 10.2. The smallest absolute Gasteiger partial charge is 0.343 e. The molecule has 0 saturated heterocycles. The molecular formula is C13H12N4O4. The predicted molar refractivity (Wildman–Crippen MR) is 74.6 cm³/mol. The highest BCUT2D eigenvalue weighted by Crippen LogP contribution is 2.28. The van der Waals surface area contributed by atoms with E-state index in [0.717, 1.165) is 0 Å². The second kappa shape index (κ2) is 5.53. The number of ether oxygens (including phenoxy) is 1. The van der Waals surface area contributed by atoms with E-state index in [2.05, 4.69) is 14.7 Å². The van der Waals surface area contributed by atoms with Crippen molar-refractivity contribution in [3.63, 3.8) is 0 Å². The van der Waals surface area contributed by atoms with E-state index in [4.69, 9.17) is 5.73 Å². The van der Waals surface area contributed by atoms with Crippen molar-refractivity contribution in [1.82, 2.24) is 9.97 Å². The van der Waals surface area contributed by atoms with Crippen LogP contribution in [-0.2, 0) is 4.74 Å². The first kappa shape index (κ1) is 14.4. The summed E-state index contributed by atoms with van der Waals surface area (Å²) in [6.07, 6.45) is 0. The topological polar surface area (TPSA) is 121 Å². The predicted octanol–water partition coefficient (Wildman–Crippen LogP) is 1.73. The van der Waals surface area contributed by atoms with Gasteiger partial charge in [-0.25, -0.2) is 14.8 Å². The van der Waals surface area contributed by atoms with E-state index >= 15 is 0 Å². The van der Waals surface area contributed by atoms with Gasteiger partial charge in [-0.1, -0.05) is 12.1 Å². The van der Waals surface area contributed by atoms with E-state index in [1.165, 1.54) is 19.2 Å². The fourth-order valence-corrected chi connectivity index (χ4v) is 1.89. The molecule has 0 spiro atoms. The molecule has 1 aromatic heterocycles. The lowest BCUT2D eigenvalue weighted by Gasteiger charge is -2.09. The van der Waals surface area contributed by atoms with Gasteiger partial charge in [-0.3, -0.25) is 10.1 Å². The van der Waals surface area contributed by atoms with Gasteiger partial charge in [0.15, 0.2) is 5.82 Å². The lowest BCUT2D eigenvalue weighted by Crippen LogP contribution is -2.12. The molecule has 1 heterocycles. The summed E-state index contributed by atoms with van der Waals surface area (Å²) in [5.41, 5.74) is 6.18. The van der Waals surface area contributed by atoms with Crippen molar-refractivity contribution in [1.29, 1.82) is 0 Å². The minimum absolute atomic E-state index is 0.0554. The van der Waals surface area contributed by atoms with E-state index in [1.54, 1.807) is 19.1 Å². The van der Waals surface area contributed by atoms with Gasteiger partial charge in [-0.15, -0.1) is 0 Å². The first-order valence-corrected chi connectivity index (χ1v) is 5.92. The van der Waals surface area contributed by atoms with Crippen molar-refractivity contribution in [2.24, 2.45) is 0 Å². The molecule has 2 rings (SSSR count). The first-order valence-electron chi connectivity index (χ1n) is 5.92. The van der Waals surface area contributed by atoms with Crippen molar-refractivity contribution >= 4 is 17.5 Å². The summed E-state index contributed by atoms with van der Waals surface area (Å²) in [5.74, 6) is -0.647. The van der Waals surface area contributed by atoms with Gasteiger partial charge in [-0.2, -0.15) is 0 Å². The number of carbonyl (C=O) groups excluding carboxylic acids is 1. The Morgan fingerprint density at radius 1 is 1.33 bits per heavy atom. The summed E-state index contributed by atoms with van der Waals surface area (Å²) in [5, 5.41) is 11.0. The highest BCUT2D eigenvalue weighted by atomic mass is 16.6. The summed E-state index contributed by atoms with van der Waals surface area (Å²) in [4.78, 5) is 30.2. The molecule has 0 aliphatic heterocycles. The molecule has 0 bridgehead atoms. The fraction of sp³-hybridized carbons (Fsp3) is 0.154. The van der Waals surface area contributed by atoms with E-state index in [1.807, 2.05) is 0 Å². The van der Waals surface area contributed by atoms with Crippen molar-refractivity contribution in [2.45, 2.75) is 6.92 Å². The number of benzene rings is 1. The monoisotopic (exact) mass is 288 g/mol. The van der Waals surface area contributed by atoms with Crippen LogP contribution in [0.1, 0.15) is 16.1 Å². The Morgan fingerprint density at radius 3 is 2.57 bits per heavy atom. The van der Waals surface area contributed by atoms with E-state index in [9.17, 15) is 14.9 Å². The Morgan fingerprint density at radius 2 is 2.00 bits per heavy atom. The second-order valence-corrected chi connectivity index (χ2v) is 4.16. The maximum absolute atomic E-state index is 11.6. The lowest BCUT2D eigenvalue weighted by atomic mass is 10.1. The molecule has 8 nitrogen and oxygen atoms in total. The summed E-state index contributed by atoms with van der Waals surface area (Å²) in [6.45, 7) is 1.56. The number of carbonyl (C=O) groups is 1. The van der Waals surface area contributed by atoms with E-state index in [-0.39, 0.29) is 28.5 Å². The molecule has 0 amide bonds. The summed E-state index contributed by atoms with van der Waals surface area (Å²) in [6, 6.07) is 6.04. The van der Waals surface area contributed by atoms with E-state index in [0.29, 0.717) is 5.69 Å². The van der Waals surface area contributed by atoms with Crippen LogP contribution in [0.2, 0.25) is 0 Å². The van der Waals surface area contributed by atoms with Crippen LogP contribution in [0.5, 0.6) is 0 Å². The third-order valence-electron chi connectivity index (χ3n) is 2.85. The molecule has 1 aromatic carbocycles. The number of aryl methyl sites for hydroxylation is 1. The third-order valence-corrected chi connectivity index (χ3v) is 2.85. The van der Waals surface area contributed by atoms with Crippen LogP contribution in [0.15, 0.2) is 24.3 Å². The summed E-state index contributed by atoms with van der Waals surface area (Å²) in [7, 11) is 1.22. The van der Waals surface area contributed by atoms with Crippen molar-refractivity contribution in [3.8, 4) is 11.4 Å². The number of nitro benzene ring substituents is 1. The number of nitrogens with zero attached hydrogens (tertiary/aromatic N) is 3. The van der Waals surface area contributed by atoms with Crippen molar-refractivity contribution in [2.75, 3.05) is 12.8 Å². The number of methoxy groups -OCH3 is 1. The Kier molecular flexibility index (Phi) is 3.79. The average Bonchev–Trinajstić information content (AvgIpc) is 2.46. The molecule has 8 heteroatoms. The lowest BCUT2D eigenvalue weighted by molar-refractivity contribution is -0.384. The SMILES string of the molecule is COC(=O)c1c(C)nc(-c2ccccc2[N+](=O)[O-])nc1N. The quantitative estimate of drug-likeness (QED) is 0.518. The Hall–Kier alpha value is -3.03. The van der Waals surface area contributed by atoms with Gasteiger partial charge in [-0.05, 0) is 13.0 Å². The van der Waals surface area contributed by atoms with Crippen LogP contribution in [0, 0.1) is 17.0 Å². The van der Waals surface area contributed by atoms with Gasteiger partial charge in [0.2, 0.25) is 0 Å². The van der Waals surface area contributed by atoms with Gasteiger partial charge in [0.1, 0.15) is 11.4 Å². The van der Waals surface area contributed by atoms with E-state index < -0.39 is 10.9 Å². The number of para-hydroxylation sites is 1. The van der Waals surface area contributed by atoms with Crippen LogP contribution in [-0.4, -0.2) is 28.0 Å². The van der Waals surface area contributed by atoms with Crippen molar-refractivity contribution < 1.29 is 14.5 Å². The molecule has 0 aliphatic carbocycles. The Labute approximate surface area is 119 Å². The number of aromatic nitrogens is 2. The molecule has 0 atom stereocenters. The zero-order valence-electron chi connectivity index (χ0n) is 11.4. The van der Waals surface area contributed by atoms with Crippen LogP contribution in [0.25, 0.3) is 11.4 Å². The molecule has 2 aromatic rings. The van der Waals surface area contributed by atoms with Crippen LogP contribution in [0.4, 0.5) is 11.5 Å². The minimum atomic E-state index is -0.654. The number of nitrogen functional groups attached to an aromatic ring is 1. The zero-order chi connectivity index (χ0) is 15.6. The molecule has 2 N–H and O–H groups in total. The number of rotatable bonds is 3. The molecule has 0 fully saturated rings. The van der Waals surface area contributed by atoms with Gasteiger partial charge in [0.05, 0.1) is 23.3 Å². The number of nitro groups is 1. The number of hydrogen-bond acceptors (Lipinski definition) is 7. The molecular weight excluding hydrogens is 276 g/mol. The summed E-state index contributed by atoms with van der Waals surface area (Å²) >= 11 is 0.